The Kier molecular flexibility index (Phi) is 8.77. The summed E-state index contributed by atoms with van der Waals surface area (Å²) in [7, 11) is 3.41. The summed E-state index contributed by atoms with van der Waals surface area (Å²) in [5, 5.41) is 3.08. The first-order valence-electron chi connectivity index (χ1n) is 3.74. The van der Waals surface area contributed by atoms with Crippen molar-refractivity contribution in [3.63, 3.8) is 0 Å². The van der Waals surface area contributed by atoms with Crippen LogP contribution in [0.2, 0.25) is 0 Å². The number of ether oxygens (including phenoxy) is 1. The quantitative estimate of drug-likeness (QED) is 0.640. The molecule has 0 aliphatic carbocycles. The summed E-state index contributed by atoms with van der Waals surface area (Å²) in [4.78, 5) is 13.1. The van der Waals surface area contributed by atoms with Gasteiger partial charge in [-0.05, 0) is 7.05 Å². The lowest BCUT2D eigenvalue weighted by Gasteiger charge is -2.28. The number of rotatable bonds is 1. The van der Waals surface area contributed by atoms with E-state index in [1.165, 1.54) is 7.11 Å². The molecule has 13 heavy (non-hydrogen) atoms. The fourth-order valence-corrected chi connectivity index (χ4v) is 1.20. The molecule has 1 heterocycles. The van der Waals surface area contributed by atoms with Crippen LogP contribution in [0.5, 0.6) is 0 Å². The van der Waals surface area contributed by atoms with E-state index in [1.54, 1.807) is 0 Å². The van der Waals surface area contributed by atoms with Crippen molar-refractivity contribution in [2.45, 2.75) is 6.04 Å². The lowest BCUT2D eigenvalue weighted by molar-refractivity contribution is -0.144. The predicted octanol–water partition coefficient (Wildman–Crippen LogP) is -0.0934. The Hall–Kier alpha value is -0.0300. The van der Waals surface area contributed by atoms with Gasteiger partial charge in [0.15, 0.2) is 0 Å². The molecule has 1 fully saturated rings. The van der Waals surface area contributed by atoms with Crippen molar-refractivity contribution in [1.82, 2.24) is 10.2 Å². The molecule has 1 N–H and O–H groups in total. The first-order chi connectivity index (χ1) is 5.24. The molecular weight excluding hydrogens is 215 g/mol. The molecule has 0 aromatic carbocycles. The van der Waals surface area contributed by atoms with Gasteiger partial charge in [-0.25, -0.2) is 0 Å². The highest BCUT2D eigenvalue weighted by Crippen LogP contribution is 1.96. The number of methoxy groups -OCH3 is 1. The SMILES string of the molecule is COC(=O)[C@H]1CN(C)CCN1.Cl.Cl. The zero-order valence-corrected chi connectivity index (χ0v) is 9.41. The van der Waals surface area contributed by atoms with Crippen molar-refractivity contribution >= 4 is 30.8 Å². The number of carbonyl (C=O) groups excluding carboxylic acids is 1. The second-order valence-corrected chi connectivity index (χ2v) is 2.79. The molecule has 0 radical (unpaired) electrons. The van der Waals surface area contributed by atoms with Gasteiger partial charge < -0.3 is 15.0 Å². The van der Waals surface area contributed by atoms with Crippen molar-refractivity contribution in [2.24, 2.45) is 0 Å². The van der Waals surface area contributed by atoms with Gasteiger partial charge in [-0.1, -0.05) is 0 Å². The number of nitrogens with zero attached hydrogens (tertiary/aromatic N) is 1. The molecule has 0 saturated carbocycles. The maximum atomic E-state index is 11.0. The van der Waals surface area contributed by atoms with E-state index in [0.717, 1.165) is 19.6 Å². The smallest absolute Gasteiger partial charge is 0.324 e. The molecule has 6 heteroatoms. The fourth-order valence-electron chi connectivity index (χ4n) is 1.20. The topological polar surface area (TPSA) is 41.6 Å². The number of hydrogen-bond acceptors (Lipinski definition) is 4. The zero-order chi connectivity index (χ0) is 8.27. The number of hydrogen-bond donors (Lipinski definition) is 1. The summed E-state index contributed by atoms with van der Waals surface area (Å²) >= 11 is 0. The van der Waals surface area contributed by atoms with Gasteiger partial charge in [0.2, 0.25) is 0 Å². The van der Waals surface area contributed by atoms with Gasteiger partial charge in [0.05, 0.1) is 7.11 Å². The first-order valence-corrected chi connectivity index (χ1v) is 3.74. The van der Waals surface area contributed by atoms with Crippen molar-refractivity contribution in [1.29, 1.82) is 0 Å². The Bertz CT molecular complexity index is 157. The van der Waals surface area contributed by atoms with E-state index in [0.29, 0.717) is 0 Å². The molecule has 0 amide bonds. The molecule has 0 spiro atoms. The number of esters is 1. The van der Waals surface area contributed by atoms with Crippen LogP contribution in [0.25, 0.3) is 0 Å². The average molecular weight is 231 g/mol. The highest BCUT2D eigenvalue weighted by atomic mass is 35.5. The summed E-state index contributed by atoms with van der Waals surface area (Å²) in [6.07, 6.45) is 0. The van der Waals surface area contributed by atoms with E-state index in [9.17, 15) is 4.79 Å². The number of carbonyl (C=O) groups is 1. The third-order valence-corrected chi connectivity index (χ3v) is 1.86. The van der Waals surface area contributed by atoms with Gasteiger partial charge in [-0.3, -0.25) is 4.79 Å². The summed E-state index contributed by atoms with van der Waals surface area (Å²) in [6, 6.07) is -0.140. The monoisotopic (exact) mass is 230 g/mol. The van der Waals surface area contributed by atoms with Gasteiger partial charge >= 0.3 is 5.97 Å². The molecule has 1 saturated heterocycles. The summed E-state index contributed by atoms with van der Waals surface area (Å²) < 4.78 is 4.61. The minimum atomic E-state index is -0.170. The van der Waals surface area contributed by atoms with Crippen LogP contribution in [-0.2, 0) is 9.53 Å². The highest BCUT2D eigenvalue weighted by Gasteiger charge is 2.23. The maximum Gasteiger partial charge on any atom is 0.324 e. The molecule has 1 atom stereocenters. The molecule has 4 nitrogen and oxygen atoms in total. The molecule has 0 bridgehead atoms. The Morgan fingerprint density at radius 1 is 1.54 bits per heavy atom. The molecule has 1 aliphatic rings. The van der Waals surface area contributed by atoms with Crippen molar-refractivity contribution in [3.8, 4) is 0 Å². The van der Waals surface area contributed by atoms with Crippen molar-refractivity contribution in [2.75, 3.05) is 33.8 Å². The predicted molar refractivity (Wildman–Crippen MR) is 55.8 cm³/mol. The van der Waals surface area contributed by atoms with Crippen LogP contribution < -0.4 is 5.32 Å². The fraction of sp³-hybridized carbons (Fsp3) is 0.857. The highest BCUT2D eigenvalue weighted by molar-refractivity contribution is 5.85. The second-order valence-electron chi connectivity index (χ2n) is 2.79. The third kappa shape index (κ3) is 4.67. The van der Waals surface area contributed by atoms with Crippen molar-refractivity contribution in [3.05, 3.63) is 0 Å². The summed E-state index contributed by atoms with van der Waals surface area (Å²) in [6.45, 7) is 2.59. The number of nitrogens with one attached hydrogen (secondary N) is 1. The van der Waals surface area contributed by atoms with Crippen LogP contribution in [0.4, 0.5) is 0 Å². The van der Waals surface area contributed by atoms with Crippen LogP contribution in [0.1, 0.15) is 0 Å². The van der Waals surface area contributed by atoms with Gasteiger partial charge in [0.1, 0.15) is 6.04 Å². The van der Waals surface area contributed by atoms with Gasteiger partial charge in [0.25, 0.3) is 0 Å². The Morgan fingerprint density at radius 3 is 2.62 bits per heavy atom. The van der Waals surface area contributed by atoms with Crippen molar-refractivity contribution < 1.29 is 9.53 Å². The molecular formula is C7H16Cl2N2O2. The number of piperazine rings is 1. The van der Waals surface area contributed by atoms with Crippen LogP contribution in [0.15, 0.2) is 0 Å². The first kappa shape index (κ1) is 15.4. The number of likely N-dealkylation sites (N-methyl/N-ethyl adjacent to an activating group) is 1. The van der Waals surface area contributed by atoms with E-state index in [1.807, 2.05) is 7.05 Å². The summed E-state index contributed by atoms with van der Waals surface area (Å²) in [5.74, 6) is -0.170. The Labute approximate surface area is 90.8 Å². The second kappa shape index (κ2) is 7.38. The standard InChI is InChI=1S/C7H14N2O2.2ClH/c1-9-4-3-8-6(5-9)7(10)11-2;;/h6,8H,3-5H2,1-2H3;2*1H/t6-;;/m1../s1. The summed E-state index contributed by atoms with van der Waals surface area (Å²) in [5.41, 5.74) is 0. The molecule has 0 aromatic rings. The van der Waals surface area contributed by atoms with Gasteiger partial charge in [-0.15, -0.1) is 24.8 Å². The Morgan fingerprint density at radius 2 is 2.15 bits per heavy atom. The minimum Gasteiger partial charge on any atom is -0.468 e. The lowest BCUT2D eigenvalue weighted by Crippen LogP contribution is -2.53. The van der Waals surface area contributed by atoms with E-state index in [-0.39, 0.29) is 36.8 Å². The average Bonchev–Trinajstić information content (AvgIpc) is 2.03. The van der Waals surface area contributed by atoms with Crippen LogP contribution in [0.3, 0.4) is 0 Å². The van der Waals surface area contributed by atoms with Gasteiger partial charge in [-0.2, -0.15) is 0 Å². The largest absolute Gasteiger partial charge is 0.468 e. The van der Waals surface area contributed by atoms with E-state index < -0.39 is 0 Å². The zero-order valence-electron chi connectivity index (χ0n) is 7.78. The van der Waals surface area contributed by atoms with E-state index in [2.05, 4.69) is 15.0 Å². The van der Waals surface area contributed by atoms with Crippen LogP contribution >= 0.6 is 24.8 Å². The lowest BCUT2D eigenvalue weighted by atomic mass is 10.2. The molecule has 1 aliphatic heterocycles. The third-order valence-electron chi connectivity index (χ3n) is 1.86. The van der Waals surface area contributed by atoms with E-state index >= 15 is 0 Å². The van der Waals surface area contributed by atoms with Gasteiger partial charge in [0, 0.05) is 19.6 Å². The Balaban J connectivity index is 0. The molecule has 0 unspecified atom stereocenters. The number of halogens is 2. The maximum absolute atomic E-state index is 11.0. The van der Waals surface area contributed by atoms with Crippen LogP contribution in [-0.4, -0.2) is 50.7 Å². The minimum absolute atomic E-state index is 0. The van der Waals surface area contributed by atoms with Crippen LogP contribution in [0, 0.1) is 0 Å². The molecule has 0 aromatic heterocycles. The normalized spacial score (nSPS) is 22.5. The van der Waals surface area contributed by atoms with E-state index in [4.69, 9.17) is 0 Å². The molecule has 1 rings (SSSR count). The molecule has 80 valence electrons.